The molecule has 0 saturated heterocycles. The first-order valence-electron chi connectivity index (χ1n) is 13.4. The van der Waals surface area contributed by atoms with Gasteiger partial charge in [0, 0.05) is 17.6 Å². The zero-order valence-corrected chi connectivity index (χ0v) is 26.9. The summed E-state index contributed by atoms with van der Waals surface area (Å²) in [7, 11) is -4.29. The van der Waals surface area contributed by atoms with E-state index in [0.717, 1.165) is 4.31 Å². The van der Waals surface area contributed by atoms with E-state index in [9.17, 15) is 18.0 Å². The number of ether oxygens (including phenoxy) is 1. The summed E-state index contributed by atoms with van der Waals surface area (Å²) < 4.78 is 34.8. The molecule has 226 valence electrons. The van der Waals surface area contributed by atoms with Crippen molar-refractivity contribution in [3.8, 4) is 5.75 Å². The minimum atomic E-state index is -4.29. The largest absolute Gasteiger partial charge is 0.492 e. The summed E-state index contributed by atoms with van der Waals surface area (Å²) in [6, 6.07) is 16.0. The molecular weight excluding hydrogens is 621 g/mol. The zero-order valence-electron chi connectivity index (χ0n) is 23.8. The third-order valence-corrected chi connectivity index (χ3v) is 9.38. The Balaban J connectivity index is 2.09. The molecule has 2 unspecified atom stereocenters. The van der Waals surface area contributed by atoms with Crippen LogP contribution in [0, 0.1) is 0 Å². The van der Waals surface area contributed by atoms with Gasteiger partial charge in [0.05, 0.1) is 27.2 Å². The van der Waals surface area contributed by atoms with Gasteiger partial charge in [0.15, 0.2) is 0 Å². The van der Waals surface area contributed by atoms with E-state index < -0.39 is 28.5 Å². The van der Waals surface area contributed by atoms with E-state index in [-0.39, 0.29) is 46.5 Å². The molecule has 0 heterocycles. The predicted octanol–water partition coefficient (Wildman–Crippen LogP) is 6.57. The van der Waals surface area contributed by atoms with Crippen LogP contribution in [0.1, 0.15) is 39.7 Å². The molecule has 12 heteroatoms. The number of hydrogen-bond acceptors (Lipinski definition) is 5. The first-order valence-corrected chi connectivity index (χ1v) is 16.0. The predicted molar refractivity (Wildman–Crippen MR) is 168 cm³/mol. The van der Waals surface area contributed by atoms with Gasteiger partial charge in [0.25, 0.3) is 10.0 Å². The summed E-state index contributed by atoms with van der Waals surface area (Å²) in [5, 5.41) is 3.89. The van der Waals surface area contributed by atoms with Crippen LogP contribution in [-0.4, -0.2) is 50.4 Å². The number of carbonyl (C=O) groups excluding carboxylic acids is 2. The lowest BCUT2D eigenvalue weighted by Crippen LogP contribution is -2.52. The van der Waals surface area contributed by atoms with Gasteiger partial charge < -0.3 is 15.0 Å². The second kappa shape index (κ2) is 15.0. The number of nitrogens with zero attached hydrogens (tertiary/aromatic N) is 2. The molecule has 0 bridgehead atoms. The van der Waals surface area contributed by atoms with Crippen molar-refractivity contribution >= 4 is 62.3 Å². The molecule has 2 atom stereocenters. The van der Waals surface area contributed by atoms with Crippen LogP contribution in [0.2, 0.25) is 15.1 Å². The van der Waals surface area contributed by atoms with E-state index in [1.807, 2.05) is 13.8 Å². The van der Waals surface area contributed by atoms with E-state index in [1.165, 1.54) is 29.2 Å². The minimum absolute atomic E-state index is 0.0211. The molecule has 0 aromatic heterocycles. The maximum atomic E-state index is 14.1. The topological polar surface area (TPSA) is 96.0 Å². The Morgan fingerprint density at radius 3 is 2.21 bits per heavy atom. The van der Waals surface area contributed by atoms with Crippen LogP contribution in [0.25, 0.3) is 0 Å². The van der Waals surface area contributed by atoms with Crippen molar-refractivity contribution in [1.29, 1.82) is 0 Å². The molecule has 0 fully saturated rings. The van der Waals surface area contributed by atoms with Crippen molar-refractivity contribution in [2.24, 2.45) is 0 Å². The van der Waals surface area contributed by atoms with Gasteiger partial charge >= 0.3 is 0 Å². The fourth-order valence-corrected chi connectivity index (χ4v) is 5.94. The number of amides is 2. The Morgan fingerprint density at radius 2 is 1.60 bits per heavy atom. The number of hydrogen-bond donors (Lipinski definition) is 1. The summed E-state index contributed by atoms with van der Waals surface area (Å²) in [5.41, 5.74) is 0.789. The lowest BCUT2D eigenvalue weighted by atomic mass is 10.1. The normalized spacial score (nSPS) is 12.7. The Labute approximate surface area is 262 Å². The van der Waals surface area contributed by atoms with Crippen LogP contribution >= 0.6 is 34.8 Å². The van der Waals surface area contributed by atoms with E-state index in [0.29, 0.717) is 22.0 Å². The van der Waals surface area contributed by atoms with Gasteiger partial charge in [-0.2, -0.15) is 0 Å². The van der Waals surface area contributed by atoms with Crippen LogP contribution < -0.4 is 14.4 Å². The number of benzene rings is 3. The van der Waals surface area contributed by atoms with Crippen LogP contribution in [0.4, 0.5) is 5.69 Å². The van der Waals surface area contributed by atoms with Gasteiger partial charge in [-0.3, -0.25) is 13.9 Å². The van der Waals surface area contributed by atoms with Gasteiger partial charge in [-0.15, -0.1) is 0 Å². The molecule has 0 saturated carbocycles. The smallest absolute Gasteiger partial charge is 0.264 e. The van der Waals surface area contributed by atoms with Gasteiger partial charge in [-0.1, -0.05) is 59.9 Å². The Kier molecular flexibility index (Phi) is 11.9. The highest BCUT2D eigenvalue weighted by atomic mass is 35.5. The van der Waals surface area contributed by atoms with E-state index in [1.54, 1.807) is 56.3 Å². The van der Waals surface area contributed by atoms with E-state index in [2.05, 4.69) is 5.32 Å². The van der Waals surface area contributed by atoms with Crippen molar-refractivity contribution in [2.75, 3.05) is 17.5 Å². The summed E-state index contributed by atoms with van der Waals surface area (Å²) in [6.45, 7) is 6.81. The lowest BCUT2D eigenvalue weighted by molar-refractivity contribution is -0.139. The Bertz CT molecular complexity index is 1500. The number of halogens is 3. The minimum Gasteiger partial charge on any atom is -0.492 e. The van der Waals surface area contributed by atoms with Gasteiger partial charge in [0.2, 0.25) is 11.8 Å². The van der Waals surface area contributed by atoms with E-state index in [4.69, 9.17) is 39.5 Å². The molecule has 0 aliphatic carbocycles. The van der Waals surface area contributed by atoms with E-state index >= 15 is 0 Å². The second-order valence-corrected chi connectivity index (χ2v) is 12.7. The molecule has 2 amide bonds. The highest BCUT2D eigenvalue weighted by Crippen LogP contribution is 2.33. The number of rotatable bonds is 13. The molecule has 1 N–H and O–H groups in total. The highest BCUT2D eigenvalue weighted by Gasteiger charge is 2.34. The SMILES string of the molecule is CCOc1ccccc1N(CC(=O)N(Cc1ccc(Cl)c(Cl)c1)C(C)C(=O)NC(C)CC)S(=O)(=O)c1ccc(Cl)cc1. The van der Waals surface area contributed by atoms with Crippen molar-refractivity contribution in [3.63, 3.8) is 0 Å². The standard InChI is InChI=1S/C30H34Cl3N3O5S/c1-5-20(3)34-30(38)21(4)35(18-22-11-16-25(32)26(33)17-22)29(37)19-36(27-9-7-8-10-28(27)41-6-2)42(39,40)24-14-12-23(31)13-15-24/h7-17,20-21H,5-6,18-19H2,1-4H3,(H,34,38). The maximum absolute atomic E-state index is 14.1. The summed E-state index contributed by atoms with van der Waals surface area (Å²) in [4.78, 5) is 28.6. The van der Waals surface area contributed by atoms with Gasteiger partial charge in [0.1, 0.15) is 18.3 Å². The molecule has 0 spiro atoms. The summed E-state index contributed by atoms with van der Waals surface area (Å²) in [6.07, 6.45) is 0.695. The first-order chi connectivity index (χ1) is 19.9. The second-order valence-electron chi connectivity index (χ2n) is 9.63. The molecule has 0 radical (unpaired) electrons. The van der Waals surface area contributed by atoms with Crippen LogP contribution in [-0.2, 0) is 26.2 Å². The van der Waals surface area contributed by atoms with Gasteiger partial charge in [-0.25, -0.2) is 8.42 Å². The van der Waals surface area contributed by atoms with Crippen molar-refractivity contribution < 1.29 is 22.7 Å². The monoisotopic (exact) mass is 653 g/mol. The number of anilines is 1. The fourth-order valence-electron chi connectivity index (χ4n) is 4.07. The van der Waals surface area contributed by atoms with Crippen molar-refractivity contribution in [2.45, 2.75) is 57.6 Å². The van der Waals surface area contributed by atoms with Crippen LogP contribution in [0.15, 0.2) is 71.6 Å². The lowest BCUT2D eigenvalue weighted by Gasteiger charge is -2.33. The molecular formula is C30H34Cl3N3O5S. The molecule has 0 aliphatic heterocycles. The molecule has 3 aromatic carbocycles. The first kappa shape index (κ1) is 33.5. The Morgan fingerprint density at radius 1 is 0.929 bits per heavy atom. The molecule has 42 heavy (non-hydrogen) atoms. The number of sulfonamides is 1. The fraction of sp³-hybridized carbons (Fsp3) is 0.333. The molecule has 8 nitrogen and oxygen atoms in total. The third-order valence-electron chi connectivity index (χ3n) is 6.62. The zero-order chi connectivity index (χ0) is 31.0. The number of carbonyl (C=O) groups is 2. The van der Waals surface area contributed by atoms with Gasteiger partial charge in [-0.05, 0) is 81.3 Å². The average Bonchev–Trinajstić information content (AvgIpc) is 2.96. The van der Waals surface area contributed by atoms with Crippen LogP contribution in [0.5, 0.6) is 5.75 Å². The third kappa shape index (κ3) is 8.31. The number of para-hydroxylation sites is 2. The molecule has 0 aliphatic rings. The quantitative estimate of drug-likeness (QED) is 0.225. The molecule has 3 rings (SSSR count). The summed E-state index contributed by atoms with van der Waals surface area (Å²) in [5.74, 6) is -0.708. The van der Waals surface area contributed by atoms with Crippen molar-refractivity contribution in [1.82, 2.24) is 10.2 Å². The number of nitrogens with one attached hydrogen (secondary N) is 1. The average molecular weight is 655 g/mol. The Hall–Kier alpha value is -2.98. The summed E-state index contributed by atoms with van der Waals surface area (Å²) >= 11 is 18.3. The molecule has 3 aromatic rings. The van der Waals surface area contributed by atoms with Crippen LogP contribution in [0.3, 0.4) is 0 Å². The van der Waals surface area contributed by atoms with Crippen molar-refractivity contribution in [3.05, 3.63) is 87.4 Å². The maximum Gasteiger partial charge on any atom is 0.264 e. The highest BCUT2D eigenvalue weighted by molar-refractivity contribution is 7.92.